The van der Waals surface area contributed by atoms with Gasteiger partial charge in [0, 0.05) is 19.6 Å². The summed E-state index contributed by atoms with van der Waals surface area (Å²) in [4.78, 5) is 2.55. The van der Waals surface area contributed by atoms with Crippen LogP contribution < -0.4 is 0 Å². The predicted octanol–water partition coefficient (Wildman–Crippen LogP) is 3.79. The third-order valence-corrected chi connectivity index (χ3v) is 3.92. The first-order chi connectivity index (χ1) is 9.03. The van der Waals surface area contributed by atoms with E-state index >= 15 is 0 Å². The number of hydrogen-bond acceptors (Lipinski definition) is 2. The van der Waals surface area contributed by atoms with Crippen molar-refractivity contribution in [2.75, 3.05) is 26.2 Å². The molecule has 0 radical (unpaired) electrons. The highest BCUT2D eigenvalue weighted by Crippen LogP contribution is 2.24. The molecular formula is C17H29NO. The lowest BCUT2D eigenvalue weighted by Gasteiger charge is -2.34. The van der Waals surface area contributed by atoms with E-state index in [9.17, 15) is 0 Å². The van der Waals surface area contributed by atoms with Gasteiger partial charge in [-0.25, -0.2) is 0 Å². The molecule has 0 spiro atoms. The van der Waals surface area contributed by atoms with Crippen LogP contribution in [0.2, 0.25) is 0 Å². The van der Waals surface area contributed by atoms with Crippen LogP contribution in [-0.2, 0) is 4.74 Å². The van der Waals surface area contributed by atoms with Crippen molar-refractivity contribution in [1.29, 1.82) is 0 Å². The molecule has 0 aromatic rings. The molecule has 1 unspecified atom stereocenters. The minimum atomic E-state index is 0.417. The molecule has 2 aliphatic rings. The minimum absolute atomic E-state index is 0.417. The first kappa shape index (κ1) is 14.8. The number of hydrogen-bond donors (Lipinski definition) is 0. The van der Waals surface area contributed by atoms with Crippen LogP contribution in [0.15, 0.2) is 23.8 Å². The highest BCUT2D eigenvalue weighted by molar-refractivity contribution is 5.23. The molecule has 0 amide bonds. The van der Waals surface area contributed by atoms with E-state index in [1.54, 1.807) is 0 Å². The molecule has 19 heavy (non-hydrogen) atoms. The molecular weight excluding hydrogens is 234 g/mol. The van der Waals surface area contributed by atoms with Crippen LogP contribution in [0.1, 0.15) is 46.5 Å². The Labute approximate surface area is 118 Å². The van der Waals surface area contributed by atoms with Crippen LogP contribution in [0.3, 0.4) is 0 Å². The van der Waals surface area contributed by atoms with Crippen LogP contribution >= 0.6 is 0 Å². The van der Waals surface area contributed by atoms with Gasteiger partial charge in [0.15, 0.2) is 0 Å². The van der Waals surface area contributed by atoms with Crippen LogP contribution in [0.25, 0.3) is 0 Å². The zero-order valence-electron chi connectivity index (χ0n) is 12.8. The molecule has 1 fully saturated rings. The molecule has 0 bridgehead atoms. The van der Waals surface area contributed by atoms with E-state index in [4.69, 9.17) is 4.74 Å². The Morgan fingerprint density at radius 2 is 2.16 bits per heavy atom. The van der Waals surface area contributed by atoms with E-state index in [0.29, 0.717) is 11.5 Å². The van der Waals surface area contributed by atoms with Crippen molar-refractivity contribution < 1.29 is 4.74 Å². The maximum Gasteiger partial charge on any atom is 0.0703 e. The maximum absolute atomic E-state index is 5.91. The summed E-state index contributed by atoms with van der Waals surface area (Å²) in [7, 11) is 0. The molecule has 0 saturated carbocycles. The summed E-state index contributed by atoms with van der Waals surface area (Å²) in [5.41, 5.74) is 1.91. The van der Waals surface area contributed by atoms with E-state index in [1.807, 2.05) is 0 Å². The van der Waals surface area contributed by atoms with Gasteiger partial charge in [0.05, 0.1) is 12.7 Å². The minimum Gasteiger partial charge on any atom is -0.376 e. The quantitative estimate of drug-likeness (QED) is 0.765. The first-order valence-electron chi connectivity index (χ1n) is 7.72. The zero-order chi connectivity index (χ0) is 13.7. The molecule has 2 heteroatoms. The van der Waals surface area contributed by atoms with Crippen molar-refractivity contribution in [3.63, 3.8) is 0 Å². The summed E-state index contributed by atoms with van der Waals surface area (Å²) in [5, 5.41) is 0. The molecule has 1 saturated heterocycles. The maximum atomic E-state index is 5.91. The van der Waals surface area contributed by atoms with Gasteiger partial charge >= 0.3 is 0 Å². The molecule has 1 aliphatic heterocycles. The standard InChI is InChI=1S/C17H29NO/c1-17(2,3)10-9-16-14-18(11-12-19-16)13-15-7-5-4-6-8-15/h5,7-8,16H,4,6,9-14H2,1-3H3. The van der Waals surface area contributed by atoms with E-state index in [0.717, 1.165) is 26.2 Å². The fourth-order valence-corrected chi connectivity index (χ4v) is 2.74. The van der Waals surface area contributed by atoms with Crippen molar-refractivity contribution in [3.05, 3.63) is 23.8 Å². The van der Waals surface area contributed by atoms with Gasteiger partial charge in [-0.2, -0.15) is 0 Å². The molecule has 108 valence electrons. The Kier molecular flexibility index (Phi) is 5.23. The molecule has 0 N–H and O–H groups in total. The molecule has 0 aromatic heterocycles. The second-order valence-corrected chi connectivity index (χ2v) is 7.09. The summed E-state index contributed by atoms with van der Waals surface area (Å²) < 4.78 is 5.91. The fourth-order valence-electron chi connectivity index (χ4n) is 2.74. The summed E-state index contributed by atoms with van der Waals surface area (Å²) in [6.45, 7) is 11.1. The third kappa shape index (κ3) is 5.50. The van der Waals surface area contributed by atoms with Gasteiger partial charge in [0.2, 0.25) is 0 Å². The Bertz CT molecular complexity index is 338. The summed E-state index contributed by atoms with van der Waals surface area (Å²) in [6.07, 6.45) is 12.3. The number of morpholine rings is 1. The third-order valence-electron chi connectivity index (χ3n) is 3.92. The predicted molar refractivity (Wildman–Crippen MR) is 81.3 cm³/mol. The van der Waals surface area contributed by atoms with Crippen molar-refractivity contribution in [2.24, 2.45) is 5.41 Å². The van der Waals surface area contributed by atoms with Gasteiger partial charge in [0.1, 0.15) is 0 Å². The molecule has 1 heterocycles. The lowest BCUT2D eigenvalue weighted by atomic mass is 9.89. The van der Waals surface area contributed by atoms with Gasteiger partial charge in [-0.05, 0) is 36.7 Å². The van der Waals surface area contributed by atoms with Gasteiger partial charge in [0.25, 0.3) is 0 Å². The number of ether oxygens (including phenoxy) is 1. The zero-order valence-corrected chi connectivity index (χ0v) is 12.8. The summed E-state index contributed by atoms with van der Waals surface area (Å²) in [5.74, 6) is 0. The largest absolute Gasteiger partial charge is 0.376 e. The Balaban J connectivity index is 1.77. The van der Waals surface area contributed by atoms with Crippen LogP contribution in [0.5, 0.6) is 0 Å². The number of nitrogens with zero attached hydrogens (tertiary/aromatic N) is 1. The van der Waals surface area contributed by atoms with E-state index < -0.39 is 0 Å². The lowest BCUT2D eigenvalue weighted by molar-refractivity contribution is -0.0330. The Morgan fingerprint density at radius 1 is 1.32 bits per heavy atom. The topological polar surface area (TPSA) is 12.5 Å². The van der Waals surface area contributed by atoms with Crippen LogP contribution in [0.4, 0.5) is 0 Å². The monoisotopic (exact) mass is 263 g/mol. The van der Waals surface area contributed by atoms with Gasteiger partial charge in [-0.15, -0.1) is 0 Å². The molecule has 1 atom stereocenters. The molecule has 0 aromatic carbocycles. The normalized spacial score (nSPS) is 25.4. The number of allylic oxidation sites excluding steroid dienone is 2. The van der Waals surface area contributed by atoms with Gasteiger partial charge in [-0.1, -0.05) is 39.0 Å². The van der Waals surface area contributed by atoms with Crippen LogP contribution in [-0.4, -0.2) is 37.2 Å². The molecule has 1 aliphatic carbocycles. The van der Waals surface area contributed by atoms with E-state index in [-0.39, 0.29) is 0 Å². The van der Waals surface area contributed by atoms with Crippen LogP contribution in [0, 0.1) is 5.41 Å². The smallest absolute Gasteiger partial charge is 0.0703 e. The van der Waals surface area contributed by atoms with Gasteiger partial charge in [-0.3, -0.25) is 4.90 Å². The molecule has 2 rings (SSSR count). The Morgan fingerprint density at radius 3 is 2.84 bits per heavy atom. The van der Waals surface area contributed by atoms with Crippen molar-refractivity contribution >= 4 is 0 Å². The first-order valence-corrected chi connectivity index (χ1v) is 7.72. The van der Waals surface area contributed by atoms with E-state index in [1.165, 1.54) is 31.3 Å². The average molecular weight is 263 g/mol. The van der Waals surface area contributed by atoms with Crippen molar-refractivity contribution in [1.82, 2.24) is 4.90 Å². The SMILES string of the molecule is CC(C)(C)CCC1CN(CC2=CCCC=C2)CCO1. The number of rotatable bonds is 4. The Hall–Kier alpha value is -0.600. The highest BCUT2D eigenvalue weighted by atomic mass is 16.5. The van der Waals surface area contributed by atoms with E-state index in [2.05, 4.69) is 43.9 Å². The fraction of sp³-hybridized carbons (Fsp3) is 0.765. The second kappa shape index (κ2) is 6.71. The average Bonchev–Trinajstić information content (AvgIpc) is 2.37. The highest BCUT2D eigenvalue weighted by Gasteiger charge is 2.22. The molecule has 2 nitrogen and oxygen atoms in total. The second-order valence-electron chi connectivity index (χ2n) is 7.09. The summed E-state index contributed by atoms with van der Waals surface area (Å²) >= 11 is 0. The summed E-state index contributed by atoms with van der Waals surface area (Å²) in [6, 6.07) is 0. The lowest BCUT2D eigenvalue weighted by Crippen LogP contribution is -2.43. The van der Waals surface area contributed by atoms with Crippen molar-refractivity contribution in [3.8, 4) is 0 Å². The van der Waals surface area contributed by atoms with Crippen molar-refractivity contribution in [2.45, 2.75) is 52.6 Å². The van der Waals surface area contributed by atoms with Gasteiger partial charge < -0.3 is 4.74 Å².